The summed E-state index contributed by atoms with van der Waals surface area (Å²) in [5.74, 6) is -0.0737. The fraction of sp³-hybridized carbons (Fsp3) is 0.250. The van der Waals surface area contributed by atoms with E-state index >= 15 is 0 Å². The van der Waals surface area contributed by atoms with Gasteiger partial charge in [0.1, 0.15) is 0 Å². The Hall–Kier alpha value is -2.16. The van der Waals surface area contributed by atoms with Crippen molar-refractivity contribution in [2.45, 2.75) is 25.8 Å². The lowest BCUT2D eigenvalue weighted by atomic mass is 10.0. The summed E-state index contributed by atoms with van der Waals surface area (Å²) in [5.41, 5.74) is 1.74. The van der Waals surface area contributed by atoms with Crippen molar-refractivity contribution in [2.24, 2.45) is 0 Å². The molecule has 1 unspecified atom stereocenters. The summed E-state index contributed by atoms with van der Waals surface area (Å²) < 4.78 is 0. The topological polar surface area (TPSA) is 42.0 Å². The van der Waals surface area contributed by atoms with Crippen LogP contribution < -0.4 is 5.32 Å². The summed E-state index contributed by atoms with van der Waals surface area (Å²) >= 11 is 0. The van der Waals surface area contributed by atoms with Crippen molar-refractivity contribution in [3.8, 4) is 0 Å². The quantitative estimate of drug-likeness (QED) is 0.889. The van der Waals surface area contributed by atoms with Gasteiger partial charge in [-0.05, 0) is 24.1 Å². The molecule has 3 heteroatoms. The molecule has 1 aromatic carbocycles. The van der Waals surface area contributed by atoms with E-state index in [1.165, 1.54) is 0 Å². The third-order valence-corrected chi connectivity index (χ3v) is 3.01. The predicted molar refractivity (Wildman–Crippen MR) is 75.8 cm³/mol. The third-order valence-electron chi connectivity index (χ3n) is 3.01. The summed E-state index contributed by atoms with van der Waals surface area (Å²) in [6.45, 7) is 2.12. The number of carbonyl (C=O) groups is 1. The van der Waals surface area contributed by atoms with Gasteiger partial charge in [-0.15, -0.1) is 0 Å². The molecule has 1 aromatic heterocycles. The minimum absolute atomic E-state index is 0.0545. The number of amides is 1. The van der Waals surface area contributed by atoms with Crippen molar-refractivity contribution in [3.63, 3.8) is 0 Å². The van der Waals surface area contributed by atoms with Crippen LogP contribution in [0.2, 0.25) is 0 Å². The van der Waals surface area contributed by atoms with Gasteiger partial charge in [-0.3, -0.25) is 9.78 Å². The molecule has 0 bridgehead atoms. The van der Waals surface area contributed by atoms with Crippen LogP contribution in [0.3, 0.4) is 0 Å². The van der Waals surface area contributed by atoms with Gasteiger partial charge in [0.15, 0.2) is 0 Å². The highest BCUT2D eigenvalue weighted by molar-refractivity contribution is 5.94. The first-order valence-corrected chi connectivity index (χ1v) is 6.57. The highest BCUT2D eigenvalue weighted by Crippen LogP contribution is 2.18. The van der Waals surface area contributed by atoms with Crippen LogP contribution in [0.15, 0.2) is 54.9 Å². The standard InChI is InChI=1S/C16H18N2O/c1-2-7-15(13-8-4-3-5-9-13)18-16(19)14-10-6-11-17-12-14/h3-6,8-12,15H,2,7H2,1H3,(H,18,19). The average Bonchev–Trinajstić information content (AvgIpc) is 2.48. The monoisotopic (exact) mass is 254 g/mol. The number of hydrogen-bond donors (Lipinski definition) is 1. The molecule has 2 aromatic rings. The van der Waals surface area contributed by atoms with Crippen LogP contribution in [0, 0.1) is 0 Å². The maximum absolute atomic E-state index is 12.2. The average molecular weight is 254 g/mol. The van der Waals surface area contributed by atoms with E-state index in [1.807, 2.05) is 30.3 Å². The van der Waals surface area contributed by atoms with Gasteiger partial charge in [-0.2, -0.15) is 0 Å². The predicted octanol–water partition coefficient (Wildman–Crippen LogP) is 3.35. The SMILES string of the molecule is CCCC(NC(=O)c1cccnc1)c1ccccc1. The minimum Gasteiger partial charge on any atom is -0.345 e. The van der Waals surface area contributed by atoms with Crippen LogP contribution in [0.1, 0.15) is 41.7 Å². The number of rotatable bonds is 5. The van der Waals surface area contributed by atoms with Crippen molar-refractivity contribution in [2.75, 3.05) is 0 Å². The molecule has 0 radical (unpaired) electrons. The molecule has 0 aliphatic carbocycles. The number of nitrogens with zero attached hydrogens (tertiary/aromatic N) is 1. The van der Waals surface area contributed by atoms with E-state index in [0.29, 0.717) is 5.56 Å². The Morgan fingerprint density at radius 3 is 2.63 bits per heavy atom. The van der Waals surface area contributed by atoms with Crippen LogP contribution >= 0.6 is 0 Å². The first kappa shape index (κ1) is 13.3. The number of hydrogen-bond acceptors (Lipinski definition) is 2. The van der Waals surface area contributed by atoms with Gasteiger partial charge in [0.25, 0.3) is 5.91 Å². The summed E-state index contributed by atoms with van der Waals surface area (Å²) in [5, 5.41) is 3.07. The highest BCUT2D eigenvalue weighted by Gasteiger charge is 2.14. The smallest absolute Gasteiger partial charge is 0.253 e. The molecule has 0 aliphatic rings. The van der Waals surface area contributed by atoms with Gasteiger partial charge >= 0.3 is 0 Å². The lowest BCUT2D eigenvalue weighted by Gasteiger charge is -2.18. The molecular weight excluding hydrogens is 236 g/mol. The molecule has 2 rings (SSSR count). The van der Waals surface area contributed by atoms with Crippen molar-refractivity contribution in [1.29, 1.82) is 0 Å². The van der Waals surface area contributed by atoms with E-state index in [4.69, 9.17) is 0 Å². The van der Waals surface area contributed by atoms with Crippen LogP contribution in [0.5, 0.6) is 0 Å². The van der Waals surface area contributed by atoms with E-state index in [9.17, 15) is 4.79 Å². The zero-order valence-corrected chi connectivity index (χ0v) is 11.0. The highest BCUT2D eigenvalue weighted by atomic mass is 16.1. The van der Waals surface area contributed by atoms with E-state index in [2.05, 4.69) is 17.2 Å². The van der Waals surface area contributed by atoms with Gasteiger partial charge in [0.05, 0.1) is 11.6 Å². The second-order valence-corrected chi connectivity index (χ2v) is 4.47. The summed E-state index contributed by atoms with van der Waals surface area (Å²) in [6.07, 6.45) is 5.20. The van der Waals surface area contributed by atoms with Crippen LogP contribution in [-0.2, 0) is 0 Å². The van der Waals surface area contributed by atoms with Gasteiger partial charge in [0, 0.05) is 12.4 Å². The van der Waals surface area contributed by atoms with E-state index in [0.717, 1.165) is 18.4 Å². The fourth-order valence-electron chi connectivity index (χ4n) is 2.03. The second kappa shape index (κ2) is 6.69. The minimum atomic E-state index is -0.0737. The molecule has 3 nitrogen and oxygen atoms in total. The molecule has 1 N–H and O–H groups in total. The van der Waals surface area contributed by atoms with Crippen molar-refractivity contribution >= 4 is 5.91 Å². The zero-order valence-electron chi connectivity index (χ0n) is 11.0. The van der Waals surface area contributed by atoms with E-state index in [1.54, 1.807) is 24.5 Å². The van der Waals surface area contributed by atoms with Gasteiger partial charge in [-0.1, -0.05) is 43.7 Å². The Labute approximate surface area is 113 Å². The molecule has 0 fully saturated rings. The molecule has 98 valence electrons. The number of benzene rings is 1. The molecule has 0 spiro atoms. The van der Waals surface area contributed by atoms with Gasteiger partial charge in [-0.25, -0.2) is 0 Å². The summed E-state index contributed by atoms with van der Waals surface area (Å²) in [7, 11) is 0. The number of pyridine rings is 1. The number of nitrogens with one attached hydrogen (secondary N) is 1. The van der Waals surface area contributed by atoms with E-state index < -0.39 is 0 Å². The second-order valence-electron chi connectivity index (χ2n) is 4.47. The molecule has 19 heavy (non-hydrogen) atoms. The molecule has 1 amide bonds. The Kier molecular flexibility index (Phi) is 4.67. The maximum Gasteiger partial charge on any atom is 0.253 e. The van der Waals surface area contributed by atoms with Crippen molar-refractivity contribution in [1.82, 2.24) is 10.3 Å². The lowest BCUT2D eigenvalue weighted by molar-refractivity contribution is 0.0934. The number of carbonyl (C=O) groups excluding carboxylic acids is 1. The normalized spacial score (nSPS) is 11.8. The Morgan fingerprint density at radius 1 is 1.21 bits per heavy atom. The molecule has 0 saturated heterocycles. The van der Waals surface area contributed by atoms with Crippen LogP contribution in [-0.4, -0.2) is 10.9 Å². The molecular formula is C16H18N2O. The van der Waals surface area contributed by atoms with Gasteiger partial charge < -0.3 is 5.32 Å². The Bertz CT molecular complexity index is 511. The first-order chi connectivity index (χ1) is 9.31. The third kappa shape index (κ3) is 3.65. The molecule has 1 heterocycles. The molecule has 0 saturated carbocycles. The van der Waals surface area contributed by atoms with Gasteiger partial charge in [0.2, 0.25) is 0 Å². The fourth-order valence-corrected chi connectivity index (χ4v) is 2.03. The number of aromatic nitrogens is 1. The zero-order chi connectivity index (χ0) is 13.5. The Balaban J connectivity index is 2.11. The maximum atomic E-state index is 12.2. The molecule has 0 aliphatic heterocycles. The summed E-state index contributed by atoms with van der Waals surface area (Å²) in [6, 6.07) is 13.7. The summed E-state index contributed by atoms with van der Waals surface area (Å²) in [4.78, 5) is 16.1. The van der Waals surface area contributed by atoms with Crippen molar-refractivity contribution < 1.29 is 4.79 Å². The van der Waals surface area contributed by atoms with Crippen molar-refractivity contribution in [3.05, 3.63) is 66.0 Å². The van der Waals surface area contributed by atoms with Crippen LogP contribution in [0.25, 0.3) is 0 Å². The Morgan fingerprint density at radius 2 is 2.00 bits per heavy atom. The molecule has 1 atom stereocenters. The first-order valence-electron chi connectivity index (χ1n) is 6.57. The lowest BCUT2D eigenvalue weighted by Crippen LogP contribution is -2.28. The largest absolute Gasteiger partial charge is 0.345 e. The van der Waals surface area contributed by atoms with E-state index in [-0.39, 0.29) is 11.9 Å². The van der Waals surface area contributed by atoms with Crippen LogP contribution in [0.4, 0.5) is 0 Å².